The van der Waals surface area contributed by atoms with Gasteiger partial charge < -0.3 is 10.1 Å². The van der Waals surface area contributed by atoms with Crippen LogP contribution in [0.4, 0.5) is 5.69 Å². The lowest BCUT2D eigenvalue weighted by Gasteiger charge is -2.04. The number of benzene rings is 2. The van der Waals surface area contributed by atoms with Gasteiger partial charge in [0.05, 0.1) is 17.2 Å². The molecule has 0 aliphatic carbocycles. The molecule has 0 aromatic heterocycles. The second kappa shape index (κ2) is 8.23. The number of halogens is 1. The van der Waals surface area contributed by atoms with Crippen LogP contribution in [0.5, 0.6) is 5.75 Å². The van der Waals surface area contributed by atoms with Crippen molar-refractivity contribution in [3.05, 3.63) is 64.0 Å². The van der Waals surface area contributed by atoms with Crippen LogP contribution in [0.1, 0.15) is 18.9 Å². The first kappa shape index (κ1) is 17.6. The van der Waals surface area contributed by atoms with E-state index in [0.29, 0.717) is 27.4 Å². The Morgan fingerprint density at radius 2 is 2.04 bits per heavy atom. The van der Waals surface area contributed by atoms with Gasteiger partial charge in [0, 0.05) is 5.02 Å². The van der Waals surface area contributed by atoms with E-state index in [1.165, 1.54) is 11.8 Å². The van der Waals surface area contributed by atoms with Crippen LogP contribution in [0.3, 0.4) is 0 Å². The van der Waals surface area contributed by atoms with E-state index < -0.39 is 0 Å². The maximum absolute atomic E-state index is 12.1. The van der Waals surface area contributed by atoms with Gasteiger partial charge in [-0.3, -0.25) is 4.79 Å². The number of amides is 1. The van der Waals surface area contributed by atoms with Crippen molar-refractivity contribution in [2.45, 2.75) is 13.3 Å². The number of thioether (sulfide) groups is 1. The molecule has 0 radical (unpaired) electrons. The zero-order valence-corrected chi connectivity index (χ0v) is 15.2. The van der Waals surface area contributed by atoms with E-state index >= 15 is 0 Å². The number of nitrogens with zero attached hydrogens (tertiary/aromatic N) is 1. The quantitative estimate of drug-likeness (QED) is 0.749. The lowest BCUT2D eigenvalue weighted by Crippen LogP contribution is -2.19. The van der Waals surface area contributed by atoms with E-state index in [1.807, 2.05) is 42.5 Å². The summed E-state index contributed by atoms with van der Waals surface area (Å²) >= 11 is 7.26. The van der Waals surface area contributed by atoms with Crippen molar-refractivity contribution in [2.75, 3.05) is 6.61 Å². The molecule has 3 rings (SSSR count). The Labute approximate surface area is 155 Å². The molecule has 0 atom stereocenters. The van der Waals surface area contributed by atoms with Crippen LogP contribution in [0.2, 0.25) is 5.02 Å². The molecule has 128 valence electrons. The Bertz CT molecular complexity index is 832. The molecule has 6 heteroatoms. The number of hydrogen-bond acceptors (Lipinski definition) is 4. The molecule has 1 heterocycles. The minimum atomic E-state index is -0.155. The molecule has 0 unspecified atom stereocenters. The summed E-state index contributed by atoms with van der Waals surface area (Å²) in [5.41, 5.74) is 1.64. The molecule has 1 aliphatic rings. The third kappa shape index (κ3) is 4.87. The Morgan fingerprint density at radius 3 is 2.76 bits per heavy atom. The van der Waals surface area contributed by atoms with Gasteiger partial charge in [0.25, 0.3) is 5.91 Å². The Kier molecular flexibility index (Phi) is 5.79. The van der Waals surface area contributed by atoms with Crippen molar-refractivity contribution in [3.8, 4) is 5.75 Å². The van der Waals surface area contributed by atoms with Crippen LogP contribution in [0, 0.1) is 0 Å². The van der Waals surface area contributed by atoms with Gasteiger partial charge in [-0.15, -0.1) is 0 Å². The molecular formula is C19H17ClN2O2S. The normalized spacial score (nSPS) is 17.1. The monoisotopic (exact) mass is 372 g/mol. The number of rotatable bonds is 5. The van der Waals surface area contributed by atoms with Crippen molar-refractivity contribution in [1.82, 2.24) is 5.32 Å². The summed E-state index contributed by atoms with van der Waals surface area (Å²) in [5.74, 6) is 0.674. The van der Waals surface area contributed by atoms with Crippen LogP contribution < -0.4 is 10.1 Å². The topological polar surface area (TPSA) is 50.7 Å². The van der Waals surface area contributed by atoms with Gasteiger partial charge in [-0.25, -0.2) is 4.99 Å². The van der Waals surface area contributed by atoms with Crippen molar-refractivity contribution < 1.29 is 9.53 Å². The van der Waals surface area contributed by atoms with Crippen LogP contribution in [-0.2, 0) is 4.79 Å². The highest BCUT2D eigenvalue weighted by Gasteiger charge is 2.23. The Balaban J connectivity index is 1.72. The number of hydrogen-bond donors (Lipinski definition) is 1. The van der Waals surface area contributed by atoms with Gasteiger partial charge >= 0.3 is 0 Å². The molecule has 0 bridgehead atoms. The van der Waals surface area contributed by atoms with Crippen LogP contribution in [0.15, 0.2) is 58.4 Å². The number of ether oxygens (including phenoxy) is 1. The summed E-state index contributed by atoms with van der Waals surface area (Å²) in [7, 11) is 0. The highest BCUT2D eigenvalue weighted by molar-refractivity contribution is 8.18. The fourth-order valence-electron chi connectivity index (χ4n) is 2.18. The number of carbonyl (C=O) groups excluding carboxylic acids is 1. The molecule has 1 saturated heterocycles. The van der Waals surface area contributed by atoms with Crippen LogP contribution >= 0.6 is 23.4 Å². The fraction of sp³-hybridized carbons (Fsp3) is 0.158. The second-order valence-corrected chi connectivity index (χ2v) is 6.85. The van der Waals surface area contributed by atoms with E-state index in [2.05, 4.69) is 17.2 Å². The maximum Gasteiger partial charge on any atom is 0.264 e. The van der Waals surface area contributed by atoms with Gasteiger partial charge in [-0.1, -0.05) is 36.7 Å². The first-order valence-electron chi connectivity index (χ1n) is 7.92. The largest absolute Gasteiger partial charge is 0.494 e. The Hall–Kier alpha value is -2.24. The lowest BCUT2D eigenvalue weighted by molar-refractivity contribution is -0.115. The fourth-order valence-corrected chi connectivity index (χ4v) is 3.20. The SMILES string of the molecule is CCCOc1ccc(C=C2SC(=Nc3cccc(Cl)c3)NC2=O)cc1. The van der Waals surface area contributed by atoms with Gasteiger partial charge in [0.15, 0.2) is 5.17 Å². The zero-order valence-electron chi connectivity index (χ0n) is 13.7. The van der Waals surface area contributed by atoms with E-state index in [1.54, 1.807) is 12.1 Å². The van der Waals surface area contributed by atoms with Crippen molar-refractivity contribution in [3.63, 3.8) is 0 Å². The smallest absolute Gasteiger partial charge is 0.264 e. The number of aliphatic imine (C=N–C) groups is 1. The summed E-state index contributed by atoms with van der Waals surface area (Å²) in [6, 6.07) is 14.9. The molecule has 1 amide bonds. The van der Waals surface area contributed by atoms with Crippen LogP contribution in [-0.4, -0.2) is 17.7 Å². The molecule has 4 nitrogen and oxygen atoms in total. The van der Waals surface area contributed by atoms with Crippen molar-refractivity contribution in [1.29, 1.82) is 0 Å². The molecule has 2 aromatic rings. The first-order valence-corrected chi connectivity index (χ1v) is 9.11. The standard InChI is InChI=1S/C19H17ClN2O2S/c1-2-10-24-16-8-6-13(7-9-16)11-17-18(23)22-19(25-17)21-15-5-3-4-14(20)12-15/h3-9,11-12H,2,10H2,1H3,(H,21,22,23). The van der Waals surface area contributed by atoms with Gasteiger partial charge in [0.2, 0.25) is 0 Å². The van der Waals surface area contributed by atoms with Gasteiger partial charge in [-0.2, -0.15) is 0 Å². The first-order chi connectivity index (χ1) is 12.1. The summed E-state index contributed by atoms with van der Waals surface area (Å²) in [5, 5.41) is 3.92. The average Bonchev–Trinajstić information content (AvgIpc) is 2.93. The maximum atomic E-state index is 12.1. The van der Waals surface area contributed by atoms with E-state index in [9.17, 15) is 4.79 Å². The summed E-state index contributed by atoms with van der Waals surface area (Å²) in [4.78, 5) is 17.1. The van der Waals surface area contributed by atoms with Gasteiger partial charge in [0.1, 0.15) is 5.75 Å². The lowest BCUT2D eigenvalue weighted by atomic mass is 10.2. The molecular weight excluding hydrogens is 356 g/mol. The Morgan fingerprint density at radius 1 is 1.24 bits per heavy atom. The number of carbonyl (C=O) groups is 1. The predicted molar refractivity (Wildman–Crippen MR) is 104 cm³/mol. The molecule has 25 heavy (non-hydrogen) atoms. The highest BCUT2D eigenvalue weighted by Crippen LogP contribution is 2.29. The minimum Gasteiger partial charge on any atom is -0.494 e. The summed E-state index contributed by atoms with van der Waals surface area (Å²) in [6.45, 7) is 2.76. The predicted octanol–water partition coefficient (Wildman–Crippen LogP) is 5.02. The van der Waals surface area contributed by atoms with Gasteiger partial charge in [-0.05, 0) is 60.2 Å². The molecule has 0 spiro atoms. The highest BCUT2D eigenvalue weighted by atomic mass is 35.5. The van der Waals surface area contributed by atoms with Crippen molar-refractivity contribution in [2.24, 2.45) is 4.99 Å². The van der Waals surface area contributed by atoms with E-state index in [0.717, 1.165) is 17.7 Å². The molecule has 1 fully saturated rings. The third-order valence-electron chi connectivity index (χ3n) is 3.34. The zero-order chi connectivity index (χ0) is 17.6. The summed E-state index contributed by atoms with van der Waals surface area (Å²) < 4.78 is 5.56. The van der Waals surface area contributed by atoms with E-state index in [4.69, 9.17) is 16.3 Å². The average molecular weight is 373 g/mol. The minimum absolute atomic E-state index is 0.155. The third-order valence-corrected chi connectivity index (χ3v) is 4.49. The second-order valence-electron chi connectivity index (χ2n) is 5.38. The number of nitrogens with one attached hydrogen (secondary N) is 1. The van der Waals surface area contributed by atoms with E-state index in [-0.39, 0.29) is 5.91 Å². The molecule has 2 aromatic carbocycles. The molecule has 1 aliphatic heterocycles. The van der Waals surface area contributed by atoms with Crippen LogP contribution in [0.25, 0.3) is 6.08 Å². The summed E-state index contributed by atoms with van der Waals surface area (Å²) in [6.07, 6.45) is 2.81. The van der Waals surface area contributed by atoms with Crippen molar-refractivity contribution >= 4 is 46.2 Å². The number of amidine groups is 1. The molecule has 1 N–H and O–H groups in total. The molecule has 0 saturated carbocycles.